The molecule has 0 radical (unpaired) electrons. The molecular weight excluding hydrogens is 300 g/mol. The molecular formula is C15H16N4O4. The Balaban J connectivity index is 1.59. The van der Waals surface area contributed by atoms with Crippen LogP contribution in [0.5, 0.6) is 5.75 Å². The lowest BCUT2D eigenvalue weighted by molar-refractivity contribution is 0.0915. The zero-order valence-corrected chi connectivity index (χ0v) is 12.5. The maximum absolute atomic E-state index is 12.0. The van der Waals surface area contributed by atoms with Crippen LogP contribution < -0.4 is 10.2 Å². The van der Waals surface area contributed by atoms with Gasteiger partial charge in [-0.2, -0.15) is 5.10 Å². The van der Waals surface area contributed by atoms with Gasteiger partial charge in [-0.15, -0.1) is 0 Å². The van der Waals surface area contributed by atoms with Crippen molar-refractivity contribution in [2.75, 3.05) is 18.0 Å². The van der Waals surface area contributed by atoms with Crippen LogP contribution in [0, 0.1) is 0 Å². The summed E-state index contributed by atoms with van der Waals surface area (Å²) in [5.74, 6) is 0.320. The van der Waals surface area contributed by atoms with Gasteiger partial charge in [0.25, 0.3) is 5.91 Å². The Hall–Kier alpha value is -3.03. The van der Waals surface area contributed by atoms with Gasteiger partial charge in [0.2, 0.25) is 0 Å². The lowest BCUT2D eigenvalue weighted by atomic mass is 10.2. The number of phenols is 1. The Morgan fingerprint density at radius 1 is 1.48 bits per heavy atom. The van der Waals surface area contributed by atoms with E-state index in [1.807, 2.05) is 0 Å². The zero-order valence-electron chi connectivity index (χ0n) is 12.5. The molecule has 2 aromatic rings. The number of amides is 2. The number of phenolic OH excluding ortho intramolecular Hbond substituents is 1. The predicted molar refractivity (Wildman–Crippen MR) is 81.3 cm³/mol. The van der Waals surface area contributed by atoms with E-state index in [1.165, 1.54) is 17.0 Å². The second kappa shape index (κ2) is 5.99. The molecule has 120 valence electrons. The van der Waals surface area contributed by atoms with Gasteiger partial charge in [-0.3, -0.25) is 14.4 Å². The van der Waals surface area contributed by atoms with Crippen molar-refractivity contribution in [3.05, 3.63) is 42.1 Å². The van der Waals surface area contributed by atoms with Gasteiger partial charge < -0.3 is 15.2 Å². The molecule has 2 heterocycles. The van der Waals surface area contributed by atoms with E-state index in [9.17, 15) is 14.7 Å². The van der Waals surface area contributed by atoms with Crippen LogP contribution in [-0.4, -0.2) is 46.1 Å². The number of cyclic esters (lactones) is 1. The Kier molecular flexibility index (Phi) is 3.88. The third kappa shape index (κ3) is 3.10. The van der Waals surface area contributed by atoms with Crippen molar-refractivity contribution in [1.82, 2.24) is 15.1 Å². The van der Waals surface area contributed by atoms with Gasteiger partial charge in [0.1, 0.15) is 17.7 Å². The number of hydrogen-bond acceptors (Lipinski definition) is 5. The van der Waals surface area contributed by atoms with Gasteiger partial charge >= 0.3 is 6.09 Å². The Bertz CT molecular complexity index is 743. The first-order valence-electron chi connectivity index (χ1n) is 7.08. The first-order valence-corrected chi connectivity index (χ1v) is 7.08. The number of carbonyl (C=O) groups is 2. The normalized spacial score (nSPS) is 17.2. The van der Waals surface area contributed by atoms with Crippen molar-refractivity contribution in [3.8, 4) is 5.75 Å². The highest BCUT2D eigenvalue weighted by atomic mass is 16.6. The fraction of sp³-hybridized carbons (Fsp3) is 0.267. The average Bonchev–Trinajstić information content (AvgIpc) is 3.10. The quantitative estimate of drug-likeness (QED) is 0.873. The molecule has 8 heteroatoms. The predicted octanol–water partition coefficient (Wildman–Crippen LogP) is 0.881. The number of rotatable bonds is 4. The molecule has 0 spiro atoms. The number of carbonyl (C=O) groups excluding carboxylic acids is 2. The van der Waals surface area contributed by atoms with Crippen molar-refractivity contribution in [2.24, 2.45) is 7.05 Å². The summed E-state index contributed by atoms with van der Waals surface area (Å²) in [7, 11) is 1.74. The molecule has 1 saturated heterocycles. The molecule has 1 atom stereocenters. The van der Waals surface area contributed by atoms with E-state index < -0.39 is 12.2 Å². The molecule has 23 heavy (non-hydrogen) atoms. The second-order valence-corrected chi connectivity index (χ2v) is 5.19. The summed E-state index contributed by atoms with van der Waals surface area (Å²) in [6, 6.07) is 7.76. The van der Waals surface area contributed by atoms with E-state index in [2.05, 4.69) is 10.4 Å². The van der Waals surface area contributed by atoms with Crippen LogP contribution in [0.1, 0.15) is 10.4 Å². The number of aromatic nitrogens is 2. The van der Waals surface area contributed by atoms with Gasteiger partial charge in [-0.05, 0) is 18.2 Å². The minimum absolute atomic E-state index is 0.0207. The number of anilines is 1. The molecule has 2 amide bonds. The molecule has 1 aliphatic rings. The van der Waals surface area contributed by atoms with Crippen molar-refractivity contribution < 1.29 is 19.4 Å². The molecule has 1 fully saturated rings. The molecule has 0 saturated carbocycles. The number of benzene rings is 1. The van der Waals surface area contributed by atoms with Crippen LogP contribution >= 0.6 is 0 Å². The van der Waals surface area contributed by atoms with E-state index in [0.29, 0.717) is 17.9 Å². The molecule has 2 N–H and O–H groups in total. The smallest absolute Gasteiger partial charge is 0.416 e. The van der Waals surface area contributed by atoms with Gasteiger partial charge in [-0.25, -0.2) is 4.79 Å². The Labute approximate surface area is 132 Å². The molecule has 1 aliphatic heterocycles. The topological polar surface area (TPSA) is 96.7 Å². The minimum atomic E-state index is -0.467. The standard InChI is InChI=1S/C15H16N4O4/c1-18-13(5-6-17-18)19-9-12(23-15(19)22)8-16-14(21)10-3-2-4-11(20)7-10/h2-7,12,20H,8-9H2,1H3,(H,16,21). The van der Waals surface area contributed by atoms with E-state index >= 15 is 0 Å². The van der Waals surface area contributed by atoms with Crippen LogP contribution in [0.25, 0.3) is 0 Å². The number of hydrogen-bond donors (Lipinski definition) is 2. The SMILES string of the molecule is Cn1nccc1N1CC(CNC(=O)c2cccc(O)c2)OC1=O. The highest BCUT2D eigenvalue weighted by Gasteiger charge is 2.33. The monoisotopic (exact) mass is 316 g/mol. The van der Waals surface area contributed by atoms with E-state index in [4.69, 9.17) is 4.74 Å². The molecule has 0 aliphatic carbocycles. The molecule has 3 rings (SSSR count). The summed E-state index contributed by atoms with van der Waals surface area (Å²) in [6.07, 6.45) is 0.684. The van der Waals surface area contributed by atoms with Gasteiger partial charge in [-0.1, -0.05) is 6.07 Å². The van der Waals surface area contributed by atoms with Crippen molar-refractivity contribution in [2.45, 2.75) is 6.10 Å². The summed E-state index contributed by atoms with van der Waals surface area (Å²) in [5, 5.41) is 16.1. The maximum Gasteiger partial charge on any atom is 0.416 e. The lowest BCUT2D eigenvalue weighted by Crippen LogP contribution is -2.34. The van der Waals surface area contributed by atoms with Crippen molar-refractivity contribution >= 4 is 17.8 Å². The lowest BCUT2D eigenvalue weighted by Gasteiger charge is -2.12. The highest BCUT2D eigenvalue weighted by Crippen LogP contribution is 2.20. The van der Waals surface area contributed by atoms with Gasteiger partial charge in [0, 0.05) is 18.7 Å². The Morgan fingerprint density at radius 3 is 3.00 bits per heavy atom. The average molecular weight is 316 g/mol. The summed E-state index contributed by atoms with van der Waals surface area (Å²) >= 11 is 0. The fourth-order valence-electron chi connectivity index (χ4n) is 2.40. The number of ether oxygens (including phenoxy) is 1. The minimum Gasteiger partial charge on any atom is -0.508 e. The molecule has 1 aromatic heterocycles. The van der Waals surface area contributed by atoms with Crippen LogP contribution in [0.2, 0.25) is 0 Å². The summed E-state index contributed by atoms with van der Waals surface area (Å²) in [4.78, 5) is 25.4. The molecule has 8 nitrogen and oxygen atoms in total. The fourth-order valence-corrected chi connectivity index (χ4v) is 2.40. The van der Waals surface area contributed by atoms with Crippen LogP contribution in [0.4, 0.5) is 10.6 Å². The maximum atomic E-state index is 12.0. The third-order valence-corrected chi connectivity index (χ3v) is 3.54. The van der Waals surface area contributed by atoms with Gasteiger partial charge in [0.05, 0.1) is 19.3 Å². The first-order chi connectivity index (χ1) is 11.0. The van der Waals surface area contributed by atoms with Crippen LogP contribution in [0.3, 0.4) is 0 Å². The van der Waals surface area contributed by atoms with Gasteiger partial charge in [0.15, 0.2) is 0 Å². The Morgan fingerprint density at radius 2 is 2.30 bits per heavy atom. The summed E-state index contributed by atoms with van der Waals surface area (Å²) in [5.41, 5.74) is 0.345. The number of aryl methyl sites for hydroxylation is 1. The van der Waals surface area contributed by atoms with Crippen LogP contribution in [0.15, 0.2) is 36.5 Å². The second-order valence-electron chi connectivity index (χ2n) is 5.19. The highest BCUT2D eigenvalue weighted by molar-refractivity contribution is 5.94. The largest absolute Gasteiger partial charge is 0.508 e. The summed E-state index contributed by atoms with van der Waals surface area (Å²) in [6.45, 7) is 0.521. The molecule has 1 unspecified atom stereocenters. The zero-order chi connectivity index (χ0) is 16.4. The summed E-state index contributed by atoms with van der Waals surface area (Å²) < 4.78 is 6.82. The van der Waals surface area contributed by atoms with Crippen molar-refractivity contribution in [1.29, 1.82) is 0 Å². The van der Waals surface area contributed by atoms with E-state index in [1.54, 1.807) is 36.1 Å². The third-order valence-electron chi connectivity index (χ3n) is 3.54. The van der Waals surface area contributed by atoms with Crippen LogP contribution in [-0.2, 0) is 11.8 Å². The molecule has 1 aromatic carbocycles. The number of nitrogens with one attached hydrogen (secondary N) is 1. The van der Waals surface area contributed by atoms with E-state index in [-0.39, 0.29) is 18.2 Å². The van der Waals surface area contributed by atoms with E-state index in [0.717, 1.165) is 0 Å². The number of nitrogens with zero attached hydrogens (tertiary/aromatic N) is 3. The molecule has 0 bridgehead atoms. The first kappa shape index (κ1) is 14.9. The van der Waals surface area contributed by atoms with Crippen molar-refractivity contribution in [3.63, 3.8) is 0 Å². The number of aromatic hydroxyl groups is 1.